The van der Waals surface area contributed by atoms with Gasteiger partial charge in [0.25, 0.3) is 5.91 Å². The summed E-state index contributed by atoms with van der Waals surface area (Å²) in [5.74, 6) is 0.0851. The van der Waals surface area contributed by atoms with Crippen molar-refractivity contribution in [3.63, 3.8) is 0 Å². The van der Waals surface area contributed by atoms with E-state index in [1.165, 1.54) is 12.8 Å². The molecule has 116 valence electrons. The highest BCUT2D eigenvalue weighted by atomic mass is 35.5. The number of amides is 1. The van der Waals surface area contributed by atoms with Gasteiger partial charge in [-0.25, -0.2) is 0 Å². The molecule has 2 fully saturated rings. The minimum atomic E-state index is 0.0851. The summed E-state index contributed by atoms with van der Waals surface area (Å²) in [6.07, 6.45) is 6.47. The number of fused-ring (bicyclic) bond motifs is 2. The van der Waals surface area contributed by atoms with Crippen molar-refractivity contribution in [2.24, 2.45) is 0 Å². The Balaban J connectivity index is 1.78. The number of carbonyl (C=O) groups is 1. The zero-order valence-electron chi connectivity index (χ0n) is 13.0. The molecule has 1 amide bonds. The van der Waals surface area contributed by atoms with Gasteiger partial charge in [0.15, 0.2) is 0 Å². The molecule has 3 heterocycles. The molecule has 3 rings (SSSR count). The molecule has 4 nitrogen and oxygen atoms in total. The van der Waals surface area contributed by atoms with Gasteiger partial charge in [-0.15, -0.1) is 0 Å². The number of rotatable bonds is 3. The van der Waals surface area contributed by atoms with Crippen LogP contribution >= 0.6 is 11.6 Å². The third-order valence-corrected chi connectivity index (χ3v) is 5.11. The predicted molar refractivity (Wildman–Crippen MR) is 84.9 cm³/mol. The van der Waals surface area contributed by atoms with Crippen molar-refractivity contribution in [3.8, 4) is 0 Å². The number of hydrogen-bond acceptors (Lipinski definition) is 2. The van der Waals surface area contributed by atoms with Crippen LogP contribution in [0.3, 0.4) is 0 Å². The Morgan fingerprint density at radius 1 is 1.38 bits per heavy atom. The van der Waals surface area contributed by atoms with E-state index in [1.54, 1.807) is 6.07 Å². The topological polar surface area (TPSA) is 37.3 Å². The number of hydrogen-bond donors (Lipinski definition) is 1. The van der Waals surface area contributed by atoms with E-state index in [1.807, 2.05) is 22.7 Å². The maximum atomic E-state index is 12.8. The fourth-order valence-electron chi connectivity index (χ4n) is 3.73. The summed E-state index contributed by atoms with van der Waals surface area (Å²) in [5, 5.41) is 4.25. The normalized spacial score (nSPS) is 28.1. The van der Waals surface area contributed by atoms with E-state index < -0.39 is 0 Å². The lowest BCUT2D eigenvalue weighted by atomic mass is 9.98. The molecule has 1 aromatic rings. The highest BCUT2D eigenvalue weighted by Crippen LogP contribution is 2.30. The van der Waals surface area contributed by atoms with Gasteiger partial charge in [-0.05, 0) is 45.6 Å². The van der Waals surface area contributed by atoms with Crippen LogP contribution in [0.5, 0.6) is 0 Å². The fourth-order valence-corrected chi connectivity index (χ4v) is 3.94. The van der Waals surface area contributed by atoms with Crippen LogP contribution < -0.4 is 5.32 Å². The van der Waals surface area contributed by atoms with Crippen molar-refractivity contribution in [2.45, 2.75) is 63.7 Å². The van der Waals surface area contributed by atoms with Crippen LogP contribution in [0.1, 0.15) is 56.1 Å². The number of aromatic nitrogens is 1. The fraction of sp³-hybridized carbons (Fsp3) is 0.688. The minimum Gasteiger partial charge on any atom is -0.339 e. The molecule has 1 aromatic heterocycles. The number of nitrogens with one attached hydrogen (secondary N) is 1. The van der Waals surface area contributed by atoms with E-state index in [0.717, 1.165) is 12.8 Å². The summed E-state index contributed by atoms with van der Waals surface area (Å²) in [5.41, 5.74) is 0.698. The number of nitrogens with zero attached hydrogens (tertiary/aromatic N) is 2. The lowest BCUT2D eigenvalue weighted by Gasteiger charge is -2.35. The minimum absolute atomic E-state index is 0.0851. The summed E-state index contributed by atoms with van der Waals surface area (Å²) in [6.45, 7) is 4.13. The molecule has 0 saturated carbocycles. The molecule has 0 radical (unpaired) electrons. The molecule has 2 aliphatic rings. The molecule has 0 spiro atoms. The van der Waals surface area contributed by atoms with E-state index in [-0.39, 0.29) is 11.9 Å². The Bertz CT molecular complexity index is 528. The maximum Gasteiger partial charge on any atom is 0.270 e. The summed E-state index contributed by atoms with van der Waals surface area (Å²) in [6, 6.07) is 3.53. The smallest absolute Gasteiger partial charge is 0.270 e. The van der Waals surface area contributed by atoms with Gasteiger partial charge in [0.05, 0.1) is 5.02 Å². The average molecular weight is 310 g/mol. The van der Waals surface area contributed by atoms with Crippen molar-refractivity contribution >= 4 is 17.5 Å². The lowest BCUT2D eigenvalue weighted by Crippen LogP contribution is -2.49. The van der Waals surface area contributed by atoms with Crippen LogP contribution in [-0.4, -0.2) is 40.5 Å². The van der Waals surface area contributed by atoms with Crippen LogP contribution in [0.4, 0.5) is 0 Å². The van der Waals surface area contributed by atoms with Crippen molar-refractivity contribution in [1.29, 1.82) is 0 Å². The van der Waals surface area contributed by atoms with Gasteiger partial charge < -0.3 is 14.8 Å². The van der Waals surface area contributed by atoms with Gasteiger partial charge in [0.2, 0.25) is 0 Å². The zero-order chi connectivity index (χ0) is 15.1. The first-order chi connectivity index (χ1) is 9.95. The quantitative estimate of drug-likeness (QED) is 0.931. The molecule has 5 heteroatoms. The first-order valence-electron chi connectivity index (χ1n) is 7.86. The second-order valence-corrected chi connectivity index (χ2v) is 7.16. The molecule has 2 atom stereocenters. The van der Waals surface area contributed by atoms with Gasteiger partial charge in [-0.2, -0.15) is 0 Å². The molecule has 0 aromatic carbocycles. The van der Waals surface area contributed by atoms with Crippen LogP contribution in [0.2, 0.25) is 5.02 Å². The third kappa shape index (κ3) is 2.84. The highest BCUT2D eigenvalue weighted by Gasteiger charge is 2.37. The Hall–Kier alpha value is -1.00. The van der Waals surface area contributed by atoms with Gasteiger partial charge in [-0.3, -0.25) is 4.79 Å². The maximum absolute atomic E-state index is 12.8. The molecular weight excluding hydrogens is 286 g/mol. The predicted octanol–water partition coefficient (Wildman–Crippen LogP) is 3.08. The summed E-state index contributed by atoms with van der Waals surface area (Å²) in [7, 11) is 1.93. The first-order valence-corrected chi connectivity index (χ1v) is 8.24. The van der Waals surface area contributed by atoms with Crippen molar-refractivity contribution < 1.29 is 4.79 Å². The van der Waals surface area contributed by atoms with Gasteiger partial charge in [-0.1, -0.05) is 11.6 Å². The summed E-state index contributed by atoms with van der Waals surface area (Å²) in [4.78, 5) is 14.8. The highest BCUT2D eigenvalue weighted by molar-refractivity contribution is 6.31. The molecular formula is C16H24ClN3O. The monoisotopic (exact) mass is 309 g/mol. The van der Waals surface area contributed by atoms with Crippen LogP contribution in [0.15, 0.2) is 12.3 Å². The first kappa shape index (κ1) is 14.9. The van der Waals surface area contributed by atoms with E-state index in [0.29, 0.717) is 28.8 Å². The molecule has 2 bridgehead atoms. The van der Waals surface area contributed by atoms with Gasteiger partial charge in [0.1, 0.15) is 5.69 Å². The largest absolute Gasteiger partial charge is 0.339 e. The van der Waals surface area contributed by atoms with Crippen molar-refractivity contribution in [1.82, 2.24) is 14.8 Å². The summed E-state index contributed by atoms with van der Waals surface area (Å²) < 4.78 is 1.97. The van der Waals surface area contributed by atoms with Crippen LogP contribution in [0.25, 0.3) is 0 Å². The zero-order valence-corrected chi connectivity index (χ0v) is 13.7. The molecule has 21 heavy (non-hydrogen) atoms. The lowest BCUT2D eigenvalue weighted by molar-refractivity contribution is 0.0669. The number of carbonyl (C=O) groups excluding carboxylic acids is 1. The second-order valence-electron chi connectivity index (χ2n) is 6.72. The van der Waals surface area contributed by atoms with Crippen molar-refractivity contribution in [3.05, 3.63) is 23.0 Å². The van der Waals surface area contributed by atoms with E-state index in [2.05, 4.69) is 19.2 Å². The SMILES string of the molecule is CC(C)n1cc(Cl)cc1C(=O)N(C)C1CC2CCC(C1)N2. The molecule has 0 aliphatic carbocycles. The van der Waals surface area contributed by atoms with Gasteiger partial charge >= 0.3 is 0 Å². The molecule has 2 saturated heterocycles. The Morgan fingerprint density at radius 3 is 2.57 bits per heavy atom. The molecule has 1 N–H and O–H groups in total. The second kappa shape index (κ2) is 5.65. The Labute approximate surface area is 131 Å². The molecule has 2 aliphatic heterocycles. The van der Waals surface area contributed by atoms with Crippen LogP contribution in [0, 0.1) is 0 Å². The van der Waals surface area contributed by atoms with Crippen LogP contribution in [-0.2, 0) is 0 Å². The molecule has 2 unspecified atom stereocenters. The Morgan fingerprint density at radius 2 is 2.00 bits per heavy atom. The summed E-state index contributed by atoms with van der Waals surface area (Å²) >= 11 is 6.10. The average Bonchev–Trinajstić information content (AvgIpc) is 3.00. The third-order valence-electron chi connectivity index (χ3n) is 4.91. The number of piperidine rings is 1. The van der Waals surface area contributed by atoms with E-state index >= 15 is 0 Å². The van der Waals surface area contributed by atoms with E-state index in [9.17, 15) is 4.79 Å². The van der Waals surface area contributed by atoms with Gasteiger partial charge in [0, 0.05) is 37.4 Å². The van der Waals surface area contributed by atoms with E-state index in [4.69, 9.17) is 11.6 Å². The Kier molecular flexibility index (Phi) is 4.02. The number of halogens is 1. The van der Waals surface area contributed by atoms with Crippen molar-refractivity contribution in [2.75, 3.05) is 7.05 Å². The standard InChI is InChI=1S/C16H24ClN3O/c1-10(2)20-9-11(17)6-15(20)16(21)19(3)14-7-12-4-5-13(8-14)18-12/h6,9-10,12-14,18H,4-5,7-8H2,1-3H3.